The van der Waals surface area contributed by atoms with Crippen LogP contribution in [0, 0.1) is 0 Å². The molecule has 0 aliphatic rings. The minimum atomic E-state index is -4.96. The average Bonchev–Trinajstić information content (AvgIpc) is 3.16. The number of alkyl halides is 6. The molecule has 4 aromatic carbocycles. The lowest BCUT2D eigenvalue weighted by atomic mass is 10.0. The van der Waals surface area contributed by atoms with E-state index in [0.717, 1.165) is 11.1 Å². The highest BCUT2D eigenvalue weighted by molar-refractivity contribution is 6.18. The fourth-order valence-electron chi connectivity index (χ4n) is 4.62. The number of fused-ring (bicyclic) bond motifs is 3. The average molecular weight is 512 g/mol. The number of hydrogen-bond acceptors (Lipinski definition) is 1. The van der Waals surface area contributed by atoms with Gasteiger partial charge < -0.3 is 10.3 Å². The van der Waals surface area contributed by atoms with Gasteiger partial charge in [-0.1, -0.05) is 48.5 Å². The fourth-order valence-corrected chi connectivity index (χ4v) is 4.62. The molecule has 2 N–H and O–H groups in total. The fraction of sp³-hybridized carbons (Fsp3) is 0.107. The highest BCUT2D eigenvalue weighted by Gasteiger charge is 2.37. The minimum absolute atomic E-state index is 0.105. The van der Waals surface area contributed by atoms with Crippen LogP contribution in [0.4, 0.5) is 26.3 Å². The Bertz CT molecular complexity index is 1620. The van der Waals surface area contributed by atoms with Crippen LogP contribution in [0.3, 0.4) is 0 Å². The van der Waals surface area contributed by atoms with Crippen LogP contribution in [0.1, 0.15) is 27.0 Å². The zero-order valence-electron chi connectivity index (χ0n) is 19.0. The maximum atomic E-state index is 13.5. The Balaban J connectivity index is 1.79. The first-order valence-corrected chi connectivity index (χ1v) is 11.1. The summed E-state index contributed by atoms with van der Waals surface area (Å²) in [6, 6.07) is 21.0. The predicted octanol–water partition coefficient (Wildman–Crippen LogP) is 7.65. The lowest BCUT2D eigenvalue weighted by molar-refractivity contribution is -0.143. The van der Waals surface area contributed by atoms with E-state index in [9.17, 15) is 31.1 Å². The van der Waals surface area contributed by atoms with Crippen molar-refractivity contribution in [3.8, 4) is 11.1 Å². The number of aromatic nitrogens is 1. The van der Waals surface area contributed by atoms with E-state index in [0.29, 0.717) is 33.9 Å². The molecule has 0 spiro atoms. The van der Waals surface area contributed by atoms with E-state index in [1.54, 1.807) is 28.8 Å². The molecule has 5 rings (SSSR count). The number of nitrogens with zero attached hydrogens (tertiary/aromatic N) is 1. The third-order valence-corrected chi connectivity index (χ3v) is 6.25. The van der Waals surface area contributed by atoms with Crippen LogP contribution in [0.15, 0.2) is 84.9 Å². The SMILES string of the molecule is NC(=O)c1cccc2c1c1ccc(-c3ccccc3)cc1n2Cc1cc(C(F)(F)F)cc(C(F)(F)F)c1. The van der Waals surface area contributed by atoms with Crippen LogP contribution in [-0.4, -0.2) is 10.5 Å². The van der Waals surface area contributed by atoms with Gasteiger partial charge >= 0.3 is 12.4 Å². The first kappa shape index (κ1) is 24.4. The van der Waals surface area contributed by atoms with Crippen LogP contribution in [-0.2, 0) is 18.9 Å². The van der Waals surface area contributed by atoms with Gasteiger partial charge in [0.05, 0.1) is 22.2 Å². The van der Waals surface area contributed by atoms with Crippen molar-refractivity contribution in [2.75, 3.05) is 0 Å². The molecule has 0 saturated carbocycles. The summed E-state index contributed by atoms with van der Waals surface area (Å²) in [5.41, 5.74) is 5.49. The first-order chi connectivity index (χ1) is 17.4. The van der Waals surface area contributed by atoms with E-state index in [-0.39, 0.29) is 23.7 Å². The molecule has 0 radical (unpaired) electrons. The Labute approximate surface area is 206 Å². The van der Waals surface area contributed by atoms with Crippen LogP contribution < -0.4 is 5.73 Å². The summed E-state index contributed by atoms with van der Waals surface area (Å²) in [5.74, 6) is -0.699. The molecular formula is C28H18F6N2O. The maximum absolute atomic E-state index is 13.5. The molecule has 3 nitrogen and oxygen atoms in total. The topological polar surface area (TPSA) is 48.0 Å². The number of carbonyl (C=O) groups is 1. The van der Waals surface area contributed by atoms with Gasteiger partial charge in [-0.2, -0.15) is 26.3 Å². The second-order valence-corrected chi connectivity index (χ2v) is 8.66. The third-order valence-electron chi connectivity index (χ3n) is 6.25. The lowest BCUT2D eigenvalue weighted by Gasteiger charge is -2.16. The van der Waals surface area contributed by atoms with E-state index in [4.69, 9.17) is 5.73 Å². The van der Waals surface area contributed by atoms with Crippen LogP contribution in [0.25, 0.3) is 32.9 Å². The highest BCUT2D eigenvalue weighted by atomic mass is 19.4. The van der Waals surface area contributed by atoms with Gasteiger partial charge in [0.2, 0.25) is 5.91 Å². The number of nitrogens with two attached hydrogens (primary N) is 1. The minimum Gasteiger partial charge on any atom is -0.366 e. The van der Waals surface area contributed by atoms with Gasteiger partial charge in [0.25, 0.3) is 0 Å². The van der Waals surface area contributed by atoms with Crippen molar-refractivity contribution in [3.05, 3.63) is 107 Å². The van der Waals surface area contributed by atoms with Crippen LogP contribution in [0.5, 0.6) is 0 Å². The van der Waals surface area contributed by atoms with E-state index >= 15 is 0 Å². The van der Waals surface area contributed by atoms with Crippen molar-refractivity contribution in [1.29, 1.82) is 0 Å². The summed E-state index contributed by atoms with van der Waals surface area (Å²) in [6.45, 7) is -0.298. The Morgan fingerprint density at radius 2 is 1.35 bits per heavy atom. The maximum Gasteiger partial charge on any atom is 0.416 e. The van der Waals surface area contributed by atoms with Crippen molar-refractivity contribution in [2.24, 2.45) is 5.73 Å². The van der Waals surface area contributed by atoms with Gasteiger partial charge in [-0.25, -0.2) is 0 Å². The molecule has 1 amide bonds. The van der Waals surface area contributed by atoms with Crippen molar-refractivity contribution >= 4 is 27.7 Å². The summed E-state index contributed by atoms with van der Waals surface area (Å²) in [5, 5.41) is 1.08. The van der Waals surface area contributed by atoms with E-state index in [2.05, 4.69) is 0 Å². The first-order valence-electron chi connectivity index (χ1n) is 11.1. The standard InChI is InChI=1S/C28H18F6N2O/c29-27(30,31)19-11-16(12-20(14-19)28(32,33)34)15-36-23-8-4-7-22(26(35)37)25(23)21-10-9-18(13-24(21)36)17-5-2-1-3-6-17/h1-14H,15H2,(H2,35,37). The molecule has 37 heavy (non-hydrogen) atoms. The second-order valence-electron chi connectivity index (χ2n) is 8.66. The molecule has 0 aliphatic carbocycles. The number of halogens is 6. The van der Waals surface area contributed by atoms with Crippen molar-refractivity contribution in [1.82, 2.24) is 4.57 Å². The smallest absolute Gasteiger partial charge is 0.366 e. The molecule has 0 aliphatic heterocycles. The quantitative estimate of drug-likeness (QED) is 0.247. The van der Waals surface area contributed by atoms with Crippen molar-refractivity contribution < 1.29 is 31.1 Å². The molecular weight excluding hydrogens is 494 g/mol. The van der Waals surface area contributed by atoms with Crippen LogP contribution >= 0.6 is 0 Å². The Hall–Kier alpha value is -4.27. The molecule has 0 saturated heterocycles. The second kappa shape index (κ2) is 8.69. The monoisotopic (exact) mass is 512 g/mol. The molecule has 1 heterocycles. The number of hydrogen-bond donors (Lipinski definition) is 1. The largest absolute Gasteiger partial charge is 0.416 e. The summed E-state index contributed by atoms with van der Waals surface area (Å²) in [4.78, 5) is 12.2. The number of benzene rings is 4. The van der Waals surface area contributed by atoms with Gasteiger partial charge in [-0.15, -0.1) is 0 Å². The lowest BCUT2D eigenvalue weighted by Crippen LogP contribution is -2.13. The molecule has 0 fully saturated rings. The normalized spacial score (nSPS) is 12.4. The van der Waals surface area contributed by atoms with Gasteiger partial charge in [0.1, 0.15) is 0 Å². The Morgan fingerprint density at radius 1 is 0.703 bits per heavy atom. The van der Waals surface area contributed by atoms with Gasteiger partial charge in [-0.3, -0.25) is 4.79 Å². The predicted molar refractivity (Wildman–Crippen MR) is 129 cm³/mol. The summed E-state index contributed by atoms with van der Waals surface area (Å²) in [6.07, 6.45) is -9.92. The Morgan fingerprint density at radius 3 is 1.95 bits per heavy atom. The Kier molecular flexibility index (Phi) is 5.73. The van der Waals surface area contributed by atoms with Crippen molar-refractivity contribution in [3.63, 3.8) is 0 Å². The molecule has 9 heteroatoms. The third kappa shape index (κ3) is 4.52. The number of primary amides is 1. The molecule has 0 atom stereocenters. The zero-order valence-corrected chi connectivity index (χ0v) is 19.0. The van der Waals surface area contributed by atoms with E-state index < -0.39 is 29.4 Å². The van der Waals surface area contributed by atoms with Gasteiger partial charge in [0.15, 0.2) is 0 Å². The van der Waals surface area contributed by atoms with E-state index in [1.165, 1.54) is 6.07 Å². The molecule has 1 aromatic heterocycles. The molecule has 188 valence electrons. The summed E-state index contributed by atoms with van der Waals surface area (Å²) < 4.78 is 82.5. The van der Waals surface area contributed by atoms with Crippen molar-refractivity contribution in [2.45, 2.75) is 18.9 Å². The van der Waals surface area contributed by atoms with E-state index in [1.807, 2.05) is 36.4 Å². The van der Waals surface area contributed by atoms with Crippen LogP contribution in [0.2, 0.25) is 0 Å². The molecule has 0 unspecified atom stereocenters. The highest BCUT2D eigenvalue weighted by Crippen LogP contribution is 2.38. The number of rotatable bonds is 4. The molecule has 5 aromatic rings. The summed E-state index contributed by atoms with van der Waals surface area (Å²) >= 11 is 0. The summed E-state index contributed by atoms with van der Waals surface area (Å²) in [7, 11) is 0. The molecule has 0 bridgehead atoms. The van der Waals surface area contributed by atoms with Gasteiger partial charge in [-0.05, 0) is 53.1 Å². The zero-order chi connectivity index (χ0) is 26.5. The number of amides is 1. The van der Waals surface area contributed by atoms with Gasteiger partial charge in [0, 0.05) is 22.9 Å². The number of carbonyl (C=O) groups excluding carboxylic acids is 1.